The molecule has 0 aliphatic rings. The smallest absolute Gasteiger partial charge is 0.123 e. The molecular weight excluding hydrogens is 189 g/mol. The van der Waals surface area contributed by atoms with Gasteiger partial charge in [0.15, 0.2) is 0 Å². The molecule has 13 heavy (non-hydrogen) atoms. The van der Waals surface area contributed by atoms with Crippen molar-refractivity contribution in [3.8, 4) is 0 Å². The Kier molecular flexibility index (Phi) is 4.19. The fourth-order valence-corrected chi connectivity index (χ4v) is 1.17. The second-order valence-corrected chi connectivity index (χ2v) is 3.79. The standard InChI is InChI=1S/C10H13ClFN/c1-8(11)6-13-7-9-3-2-4-10(12)5-9/h2-5,8,13H,6-7H2,1H3. The topological polar surface area (TPSA) is 12.0 Å². The van der Waals surface area contributed by atoms with Gasteiger partial charge >= 0.3 is 0 Å². The van der Waals surface area contributed by atoms with Crippen LogP contribution in [0, 0.1) is 5.82 Å². The molecule has 1 N–H and O–H groups in total. The van der Waals surface area contributed by atoms with Gasteiger partial charge in [0.05, 0.1) is 0 Å². The Morgan fingerprint density at radius 3 is 2.92 bits per heavy atom. The van der Waals surface area contributed by atoms with Crippen LogP contribution < -0.4 is 5.32 Å². The Morgan fingerprint density at radius 2 is 2.31 bits per heavy atom. The van der Waals surface area contributed by atoms with Crippen molar-refractivity contribution in [2.75, 3.05) is 6.54 Å². The normalized spacial score (nSPS) is 12.8. The summed E-state index contributed by atoms with van der Waals surface area (Å²) in [6.07, 6.45) is 0. The summed E-state index contributed by atoms with van der Waals surface area (Å²) in [5.41, 5.74) is 0.942. The zero-order valence-electron chi connectivity index (χ0n) is 7.56. The van der Waals surface area contributed by atoms with Crippen molar-refractivity contribution in [3.05, 3.63) is 35.6 Å². The molecule has 1 unspecified atom stereocenters. The molecule has 0 spiro atoms. The van der Waals surface area contributed by atoms with Gasteiger partial charge in [-0.2, -0.15) is 0 Å². The molecule has 0 saturated heterocycles. The van der Waals surface area contributed by atoms with Gasteiger partial charge < -0.3 is 5.32 Å². The van der Waals surface area contributed by atoms with Gasteiger partial charge in [0.2, 0.25) is 0 Å². The molecule has 0 aliphatic heterocycles. The van der Waals surface area contributed by atoms with Crippen LogP contribution in [0.5, 0.6) is 0 Å². The Bertz CT molecular complexity index is 263. The predicted octanol–water partition coefficient (Wildman–Crippen LogP) is 2.54. The number of rotatable bonds is 4. The maximum absolute atomic E-state index is 12.7. The molecule has 0 amide bonds. The van der Waals surface area contributed by atoms with Gasteiger partial charge in [-0.1, -0.05) is 12.1 Å². The average Bonchev–Trinajstić information content (AvgIpc) is 2.03. The minimum atomic E-state index is -0.196. The van der Waals surface area contributed by atoms with Gasteiger partial charge in [0.1, 0.15) is 5.82 Å². The maximum Gasteiger partial charge on any atom is 0.123 e. The number of hydrogen-bond acceptors (Lipinski definition) is 1. The van der Waals surface area contributed by atoms with Gasteiger partial charge in [0, 0.05) is 18.5 Å². The Balaban J connectivity index is 2.37. The number of nitrogens with one attached hydrogen (secondary N) is 1. The fourth-order valence-electron chi connectivity index (χ4n) is 1.06. The summed E-state index contributed by atoms with van der Waals surface area (Å²) in [4.78, 5) is 0. The number of hydrogen-bond donors (Lipinski definition) is 1. The summed E-state index contributed by atoms with van der Waals surface area (Å²) in [7, 11) is 0. The Hall–Kier alpha value is -0.600. The van der Waals surface area contributed by atoms with Crippen LogP contribution in [0.1, 0.15) is 12.5 Å². The minimum Gasteiger partial charge on any atom is -0.311 e. The first-order valence-electron chi connectivity index (χ1n) is 4.27. The zero-order chi connectivity index (χ0) is 9.68. The lowest BCUT2D eigenvalue weighted by Gasteiger charge is -2.05. The summed E-state index contributed by atoms with van der Waals surface area (Å²) >= 11 is 5.74. The van der Waals surface area contributed by atoms with Gasteiger partial charge in [0.25, 0.3) is 0 Å². The van der Waals surface area contributed by atoms with Crippen LogP contribution in [0.25, 0.3) is 0 Å². The summed E-state index contributed by atoms with van der Waals surface area (Å²) in [5.74, 6) is -0.196. The molecule has 0 aliphatic carbocycles. The third-order valence-corrected chi connectivity index (χ3v) is 1.80. The van der Waals surface area contributed by atoms with E-state index in [9.17, 15) is 4.39 Å². The largest absolute Gasteiger partial charge is 0.311 e. The number of benzene rings is 1. The van der Waals surface area contributed by atoms with E-state index < -0.39 is 0 Å². The highest BCUT2D eigenvalue weighted by Crippen LogP contribution is 2.02. The minimum absolute atomic E-state index is 0.105. The van der Waals surface area contributed by atoms with Gasteiger partial charge in [-0.05, 0) is 24.6 Å². The van der Waals surface area contributed by atoms with E-state index in [1.165, 1.54) is 12.1 Å². The van der Waals surface area contributed by atoms with Crippen molar-refractivity contribution in [1.29, 1.82) is 0 Å². The molecule has 3 heteroatoms. The molecule has 0 saturated carbocycles. The molecule has 0 heterocycles. The molecule has 1 aromatic carbocycles. The van der Waals surface area contributed by atoms with Crippen LogP contribution in [0.2, 0.25) is 0 Å². The lowest BCUT2D eigenvalue weighted by atomic mass is 10.2. The molecule has 0 radical (unpaired) electrons. The molecule has 72 valence electrons. The molecular formula is C10H13ClFN. The van der Waals surface area contributed by atoms with E-state index >= 15 is 0 Å². The van der Waals surface area contributed by atoms with E-state index in [2.05, 4.69) is 5.32 Å². The fraction of sp³-hybridized carbons (Fsp3) is 0.400. The molecule has 1 atom stereocenters. The first-order valence-corrected chi connectivity index (χ1v) is 4.71. The average molecular weight is 202 g/mol. The Morgan fingerprint density at radius 1 is 1.54 bits per heavy atom. The molecule has 1 rings (SSSR count). The van der Waals surface area contributed by atoms with E-state index in [4.69, 9.17) is 11.6 Å². The summed E-state index contributed by atoms with van der Waals surface area (Å²) in [6.45, 7) is 3.31. The molecule has 1 aromatic rings. The SMILES string of the molecule is CC(Cl)CNCc1cccc(F)c1. The van der Waals surface area contributed by atoms with Crippen molar-refractivity contribution in [2.24, 2.45) is 0 Å². The molecule has 1 nitrogen and oxygen atoms in total. The van der Waals surface area contributed by atoms with Crippen molar-refractivity contribution in [2.45, 2.75) is 18.8 Å². The van der Waals surface area contributed by atoms with Crippen molar-refractivity contribution in [1.82, 2.24) is 5.32 Å². The maximum atomic E-state index is 12.7. The summed E-state index contributed by atoms with van der Waals surface area (Å²) < 4.78 is 12.7. The van der Waals surface area contributed by atoms with Crippen molar-refractivity contribution in [3.63, 3.8) is 0 Å². The lowest BCUT2D eigenvalue weighted by molar-refractivity contribution is 0.619. The summed E-state index contributed by atoms with van der Waals surface area (Å²) in [5, 5.41) is 3.23. The second kappa shape index (κ2) is 5.20. The van der Waals surface area contributed by atoms with Crippen molar-refractivity contribution >= 4 is 11.6 Å². The highest BCUT2D eigenvalue weighted by Gasteiger charge is 1.97. The third kappa shape index (κ3) is 4.25. The highest BCUT2D eigenvalue weighted by atomic mass is 35.5. The van der Waals surface area contributed by atoms with Crippen LogP contribution in [0.3, 0.4) is 0 Å². The van der Waals surface area contributed by atoms with E-state index in [0.29, 0.717) is 6.54 Å². The lowest BCUT2D eigenvalue weighted by Crippen LogP contribution is -2.20. The number of alkyl halides is 1. The zero-order valence-corrected chi connectivity index (χ0v) is 8.31. The first kappa shape index (κ1) is 10.5. The van der Waals surface area contributed by atoms with Crippen LogP contribution in [-0.2, 0) is 6.54 Å². The predicted molar refractivity (Wildman–Crippen MR) is 53.4 cm³/mol. The van der Waals surface area contributed by atoms with E-state index in [-0.39, 0.29) is 11.2 Å². The molecule has 0 fully saturated rings. The van der Waals surface area contributed by atoms with Gasteiger partial charge in [-0.25, -0.2) is 4.39 Å². The third-order valence-electron chi connectivity index (χ3n) is 1.64. The Labute approximate surface area is 82.9 Å². The van der Waals surface area contributed by atoms with Gasteiger partial charge in [-0.15, -0.1) is 11.6 Å². The van der Waals surface area contributed by atoms with E-state index in [1.54, 1.807) is 6.07 Å². The van der Waals surface area contributed by atoms with Crippen LogP contribution in [-0.4, -0.2) is 11.9 Å². The van der Waals surface area contributed by atoms with Gasteiger partial charge in [-0.3, -0.25) is 0 Å². The first-order chi connectivity index (χ1) is 6.18. The summed E-state index contributed by atoms with van der Waals surface area (Å²) in [6, 6.07) is 6.55. The second-order valence-electron chi connectivity index (χ2n) is 3.04. The molecule has 0 bridgehead atoms. The van der Waals surface area contributed by atoms with E-state index in [0.717, 1.165) is 12.1 Å². The number of halogens is 2. The molecule has 0 aromatic heterocycles. The van der Waals surface area contributed by atoms with Crippen LogP contribution >= 0.6 is 11.6 Å². The monoisotopic (exact) mass is 201 g/mol. The van der Waals surface area contributed by atoms with Crippen LogP contribution in [0.4, 0.5) is 4.39 Å². The van der Waals surface area contributed by atoms with E-state index in [1.807, 2.05) is 13.0 Å². The quantitative estimate of drug-likeness (QED) is 0.739. The van der Waals surface area contributed by atoms with Crippen molar-refractivity contribution < 1.29 is 4.39 Å². The highest BCUT2D eigenvalue weighted by molar-refractivity contribution is 6.20. The van der Waals surface area contributed by atoms with Crippen LogP contribution in [0.15, 0.2) is 24.3 Å².